The summed E-state index contributed by atoms with van der Waals surface area (Å²) in [5.74, 6) is 1.54. The molecule has 0 atom stereocenters. The van der Waals surface area contributed by atoms with Gasteiger partial charge in [-0.3, -0.25) is 0 Å². The van der Waals surface area contributed by atoms with Crippen molar-refractivity contribution in [3.05, 3.63) is 27.8 Å². The minimum absolute atomic E-state index is 0.682. The Kier molecular flexibility index (Phi) is 4.61. The first kappa shape index (κ1) is 14.1. The summed E-state index contributed by atoms with van der Waals surface area (Å²) in [6.07, 6.45) is 0.968. The molecule has 5 heteroatoms. The lowest BCUT2D eigenvalue weighted by Crippen LogP contribution is -1.98. The Labute approximate surface area is 122 Å². The topological polar surface area (TPSA) is 34.2 Å². The molecule has 1 N–H and O–H groups in total. The minimum atomic E-state index is 0.682. The second kappa shape index (κ2) is 6.21. The van der Waals surface area contributed by atoms with Crippen LogP contribution in [0.2, 0.25) is 0 Å². The quantitative estimate of drug-likeness (QED) is 0.820. The lowest BCUT2D eigenvalue weighted by molar-refractivity contribution is 0.294. The summed E-state index contributed by atoms with van der Waals surface area (Å²) in [6.45, 7) is 4.79. The molecule has 1 aromatic carbocycles. The van der Waals surface area contributed by atoms with Crippen molar-refractivity contribution in [2.45, 2.75) is 20.3 Å². The summed E-state index contributed by atoms with van der Waals surface area (Å²) in [5.41, 5.74) is 2.18. The number of ether oxygens (including phenoxy) is 2. The van der Waals surface area contributed by atoms with Crippen LogP contribution in [0.1, 0.15) is 19.0 Å². The van der Waals surface area contributed by atoms with E-state index in [-0.39, 0.29) is 0 Å². The van der Waals surface area contributed by atoms with Crippen molar-refractivity contribution in [3.8, 4) is 21.9 Å². The smallest absolute Gasteiger partial charge is 0.161 e. The molecular weight excluding hydrogens is 278 g/mol. The van der Waals surface area contributed by atoms with Crippen LogP contribution in [0.3, 0.4) is 0 Å². The van der Waals surface area contributed by atoms with E-state index in [1.807, 2.05) is 25.1 Å². The lowest BCUT2D eigenvalue weighted by Gasteiger charge is -2.11. The van der Waals surface area contributed by atoms with Crippen LogP contribution in [0, 0.1) is 10.9 Å². The maximum atomic E-state index is 5.73. The molecule has 0 aliphatic rings. The number of methoxy groups -OCH3 is 1. The predicted octanol–water partition coefficient (Wildman–Crippen LogP) is 4.58. The van der Waals surface area contributed by atoms with Crippen molar-refractivity contribution in [1.29, 1.82) is 0 Å². The zero-order valence-corrected chi connectivity index (χ0v) is 12.9. The van der Waals surface area contributed by atoms with Crippen molar-refractivity contribution in [2.24, 2.45) is 0 Å². The lowest BCUT2D eigenvalue weighted by atomic mass is 10.1. The van der Waals surface area contributed by atoms with Gasteiger partial charge < -0.3 is 14.5 Å². The first-order chi connectivity index (χ1) is 9.15. The molecule has 19 heavy (non-hydrogen) atoms. The van der Waals surface area contributed by atoms with Crippen molar-refractivity contribution in [3.63, 3.8) is 0 Å². The van der Waals surface area contributed by atoms with Crippen LogP contribution in [0.25, 0.3) is 10.4 Å². The average molecular weight is 295 g/mol. The second-order valence-corrected chi connectivity index (χ2v) is 5.87. The van der Waals surface area contributed by atoms with E-state index in [4.69, 9.17) is 21.7 Å². The summed E-state index contributed by atoms with van der Waals surface area (Å²) < 4.78 is 11.8. The number of rotatable bonds is 5. The number of hydrogen-bond donors (Lipinski definition) is 1. The van der Waals surface area contributed by atoms with Gasteiger partial charge >= 0.3 is 0 Å². The van der Waals surface area contributed by atoms with E-state index < -0.39 is 0 Å². The van der Waals surface area contributed by atoms with Crippen LogP contribution < -0.4 is 9.47 Å². The van der Waals surface area contributed by atoms with E-state index >= 15 is 0 Å². The Balaban J connectivity index is 2.42. The maximum Gasteiger partial charge on any atom is 0.161 e. The molecule has 1 heterocycles. The molecule has 1 aromatic heterocycles. The molecule has 3 nitrogen and oxygen atoms in total. The van der Waals surface area contributed by atoms with Gasteiger partial charge in [-0.2, -0.15) is 0 Å². The number of nitrogens with one attached hydrogen (secondary N) is 1. The number of hydrogen-bond acceptors (Lipinski definition) is 4. The molecular formula is C14H17NO2S2. The molecule has 0 aliphatic carbocycles. The highest BCUT2D eigenvalue weighted by molar-refractivity contribution is 7.73. The zero-order chi connectivity index (χ0) is 13.8. The van der Waals surface area contributed by atoms with Crippen LogP contribution in [0.15, 0.2) is 18.2 Å². The van der Waals surface area contributed by atoms with Crippen molar-refractivity contribution >= 4 is 23.6 Å². The van der Waals surface area contributed by atoms with Crippen LogP contribution in [0.5, 0.6) is 11.5 Å². The minimum Gasteiger partial charge on any atom is -0.493 e. The van der Waals surface area contributed by atoms with Gasteiger partial charge in [0.15, 0.2) is 15.5 Å². The van der Waals surface area contributed by atoms with E-state index in [9.17, 15) is 0 Å². The van der Waals surface area contributed by atoms with Gasteiger partial charge in [-0.25, -0.2) is 0 Å². The van der Waals surface area contributed by atoms with Gasteiger partial charge in [0.1, 0.15) is 0 Å². The Bertz CT molecular complexity index is 616. The molecule has 0 spiro atoms. The number of benzene rings is 1. The molecule has 102 valence electrons. The third-order valence-electron chi connectivity index (χ3n) is 2.71. The molecule has 0 bridgehead atoms. The molecule has 0 radical (unpaired) electrons. The SMILES string of the molecule is CCCOc1cc(-c2sc(=S)[nH]c2C)ccc1OC. The number of thiazole rings is 1. The van der Waals surface area contributed by atoms with E-state index in [0.29, 0.717) is 6.61 Å². The van der Waals surface area contributed by atoms with Crippen molar-refractivity contribution < 1.29 is 9.47 Å². The summed E-state index contributed by atoms with van der Waals surface area (Å²) in [4.78, 5) is 4.31. The third-order valence-corrected chi connectivity index (χ3v) is 4.10. The largest absolute Gasteiger partial charge is 0.493 e. The van der Waals surface area contributed by atoms with E-state index in [0.717, 1.165) is 38.0 Å². The molecule has 2 aromatic rings. The Morgan fingerprint density at radius 2 is 2.11 bits per heavy atom. The van der Waals surface area contributed by atoms with Crippen LogP contribution >= 0.6 is 23.6 Å². The number of aryl methyl sites for hydroxylation is 1. The fourth-order valence-corrected chi connectivity index (χ4v) is 3.06. The third kappa shape index (κ3) is 3.16. The number of aromatic amines is 1. The summed E-state index contributed by atoms with van der Waals surface area (Å²) in [7, 11) is 1.65. The van der Waals surface area contributed by atoms with Gasteiger partial charge in [-0.1, -0.05) is 6.92 Å². The molecule has 0 unspecified atom stereocenters. The van der Waals surface area contributed by atoms with E-state index in [2.05, 4.69) is 11.9 Å². The van der Waals surface area contributed by atoms with E-state index in [1.54, 1.807) is 18.4 Å². The van der Waals surface area contributed by atoms with Crippen molar-refractivity contribution in [1.82, 2.24) is 4.98 Å². The van der Waals surface area contributed by atoms with Crippen molar-refractivity contribution in [2.75, 3.05) is 13.7 Å². The summed E-state index contributed by atoms with van der Waals surface area (Å²) in [6, 6.07) is 5.97. The molecule has 0 saturated carbocycles. The molecule has 0 fully saturated rings. The standard InChI is InChI=1S/C14H17NO2S2/c1-4-7-17-12-8-10(5-6-11(12)16-3)13-9(2)15-14(18)19-13/h5-6,8H,4,7H2,1-3H3,(H,15,18). The Hall–Kier alpha value is -1.33. The van der Waals surface area contributed by atoms with Gasteiger partial charge in [0, 0.05) is 5.69 Å². The first-order valence-electron chi connectivity index (χ1n) is 6.16. The molecule has 0 saturated heterocycles. The van der Waals surface area contributed by atoms with Crippen LogP contribution in [0.4, 0.5) is 0 Å². The van der Waals surface area contributed by atoms with Gasteiger partial charge in [0.05, 0.1) is 18.6 Å². The fourth-order valence-electron chi connectivity index (χ4n) is 1.82. The van der Waals surface area contributed by atoms with Gasteiger partial charge in [0.25, 0.3) is 0 Å². The average Bonchev–Trinajstić information content (AvgIpc) is 2.75. The zero-order valence-electron chi connectivity index (χ0n) is 11.3. The number of H-pyrrole nitrogens is 1. The maximum absolute atomic E-state index is 5.73. The first-order valence-corrected chi connectivity index (χ1v) is 7.39. The van der Waals surface area contributed by atoms with Crippen LogP contribution in [-0.2, 0) is 0 Å². The van der Waals surface area contributed by atoms with E-state index in [1.165, 1.54) is 0 Å². The molecule has 0 aliphatic heterocycles. The summed E-state index contributed by atoms with van der Waals surface area (Å²) >= 11 is 6.76. The predicted molar refractivity (Wildman–Crippen MR) is 82.0 cm³/mol. The highest BCUT2D eigenvalue weighted by Gasteiger charge is 2.10. The second-order valence-electron chi connectivity index (χ2n) is 4.18. The highest BCUT2D eigenvalue weighted by Crippen LogP contribution is 2.35. The summed E-state index contributed by atoms with van der Waals surface area (Å²) in [5, 5.41) is 0. The van der Waals surface area contributed by atoms with Crippen LogP contribution in [-0.4, -0.2) is 18.7 Å². The fraction of sp³-hybridized carbons (Fsp3) is 0.357. The number of aromatic nitrogens is 1. The Morgan fingerprint density at radius 1 is 1.32 bits per heavy atom. The normalized spacial score (nSPS) is 10.5. The Morgan fingerprint density at radius 3 is 2.68 bits per heavy atom. The highest BCUT2D eigenvalue weighted by atomic mass is 32.1. The molecule has 2 rings (SSSR count). The molecule has 0 amide bonds. The van der Waals surface area contributed by atoms with Gasteiger partial charge in [-0.15, -0.1) is 11.3 Å². The van der Waals surface area contributed by atoms with Gasteiger partial charge in [-0.05, 0) is 49.3 Å². The van der Waals surface area contributed by atoms with Gasteiger partial charge in [0.2, 0.25) is 0 Å². The monoisotopic (exact) mass is 295 g/mol.